The third-order valence-electron chi connectivity index (χ3n) is 2.01. The van der Waals surface area contributed by atoms with Gasteiger partial charge >= 0.3 is 0 Å². The van der Waals surface area contributed by atoms with Crippen LogP contribution in [0.1, 0.15) is 5.82 Å². The SMILES string of the molecule is N#CC(=CNc1cc(Cl)ccc1Br)c1nn[nH]n1. The second-order valence-corrected chi connectivity index (χ2v) is 4.46. The number of anilines is 1. The van der Waals surface area contributed by atoms with Crippen LogP contribution in [0.5, 0.6) is 0 Å². The van der Waals surface area contributed by atoms with E-state index in [0.29, 0.717) is 5.02 Å². The van der Waals surface area contributed by atoms with Crippen LogP contribution in [0.15, 0.2) is 28.9 Å². The number of aromatic nitrogens is 4. The predicted molar refractivity (Wildman–Crippen MR) is 70.5 cm³/mol. The van der Waals surface area contributed by atoms with Gasteiger partial charge in [0.15, 0.2) is 0 Å². The summed E-state index contributed by atoms with van der Waals surface area (Å²) in [5, 5.41) is 25.6. The first-order chi connectivity index (χ1) is 8.70. The Morgan fingerprint density at radius 3 is 3.06 bits per heavy atom. The largest absolute Gasteiger partial charge is 0.359 e. The Bertz CT molecular complexity index is 616. The molecule has 2 aromatic rings. The minimum Gasteiger partial charge on any atom is -0.359 e. The average molecular weight is 326 g/mol. The molecule has 0 aliphatic rings. The zero-order chi connectivity index (χ0) is 13.0. The molecule has 0 amide bonds. The maximum atomic E-state index is 8.98. The Balaban J connectivity index is 2.24. The summed E-state index contributed by atoms with van der Waals surface area (Å²) in [6, 6.07) is 7.26. The smallest absolute Gasteiger partial charge is 0.216 e. The fourth-order valence-electron chi connectivity index (χ4n) is 1.18. The van der Waals surface area contributed by atoms with E-state index in [2.05, 4.69) is 41.9 Å². The van der Waals surface area contributed by atoms with Crippen molar-refractivity contribution in [3.8, 4) is 6.07 Å². The molecule has 90 valence electrons. The molecule has 0 aliphatic carbocycles. The third-order valence-corrected chi connectivity index (χ3v) is 2.93. The fraction of sp³-hybridized carbons (Fsp3) is 0. The van der Waals surface area contributed by atoms with Crippen molar-refractivity contribution in [2.24, 2.45) is 0 Å². The van der Waals surface area contributed by atoms with E-state index in [1.807, 2.05) is 6.07 Å². The first kappa shape index (κ1) is 12.5. The van der Waals surface area contributed by atoms with Gasteiger partial charge < -0.3 is 5.32 Å². The highest BCUT2D eigenvalue weighted by molar-refractivity contribution is 9.10. The van der Waals surface area contributed by atoms with E-state index in [0.717, 1.165) is 10.2 Å². The van der Waals surface area contributed by atoms with Crippen LogP contribution in [0, 0.1) is 11.3 Å². The molecule has 0 fully saturated rings. The van der Waals surface area contributed by atoms with Crippen molar-refractivity contribution >= 4 is 38.8 Å². The second-order valence-electron chi connectivity index (χ2n) is 3.17. The lowest BCUT2D eigenvalue weighted by atomic mass is 10.3. The number of tetrazole rings is 1. The maximum Gasteiger partial charge on any atom is 0.216 e. The van der Waals surface area contributed by atoms with Gasteiger partial charge in [-0.3, -0.25) is 0 Å². The Hall–Kier alpha value is -1.91. The number of nitriles is 1. The number of benzene rings is 1. The molecule has 2 rings (SSSR count). The maximum absolute atomic E-state index is 8.98. The van der Waals surface area contributed by atoms with Crippen LogP contribution in [0.4, 0.5) is 5.69 Å². The molecule has 0 unspecified atom stereocenters. The highest BCUT2D eigenvalue weighted by Gasteiger charge is 2.06. The van der Waals surface area contributed by atoms with Crippen LogP contribution in [-0.4, -0.2) is 20.6 Å². The summed E-state index contributed by atoms with van der Waals surface area (Å²) >= 11 is 9.25. The molecule has 2 N–H and O–H groups in total. The first-order valence-electron chi connectivity index (χ1n) is 4.76. The fourth-order valence-corrected chi connectivity index (χ4v) is 1.71. The van der Waals surface area contributed by atoms with Gasteiger partial charge in [0.25, 0.3) is 0 Å². The minimum absolute atomic E-state index is 0.225. The van der Waals surface area contributed by atoms with E-state index in [1.165, 1.54) is 6.20 Å². The van der Waals surface area contributed by atoms with Crippen LogP contribution in [0.25, 0.3) is 5.57 Å². The molecule has 1 aromatic carbocycles. The van der Waals surface area contributed by atoms with Crippen LogP contribution in [0.3, 0.4) is 0 Å². The molecule has 0 aliphatic heterocycles. The standard InChI is InChI=1S/C10H6BrClN6/c11-8-2-1-7(12)3-9(8)14-5-6(4-13)10-15-17-18-16-10/h1-3,5,14H,(H,15,16,17,18). The zero-order valence-electron chi connectivity index (χ0n) is 8.85. The number of allylic oxidation sites excluding steroid dienone is 1. The summed E-state index contributed by atoms with van der Waals surface area (Å²) in [6.07, 6.45) is 1.49. The summed E-state index contributed by atoms with van der Waals surface area (Å²) in [5.41, 5.74) is 0.995. The molecule has 0 saturated carbocycles. The van der Waals surface area contributed by atoms with E-state index in [9.17, 15) is 0 Å². The van der Waals surface area contributed by atoms with Crippen molar-refractivity contribution < 1.29 is 0 Å². The van der Waals surface area contributed by atoms with Crippen molar-refractivity contribution in [1.29, 1.82) is 5.26 Å². The molecule has 0 radical (unpaired) electrons. The number of nitrogens with zero attached hydrogens (tertiary/aromatic N) is 4. The molecule has 8 heteroatoms. The summed E-state index contributed by atoms with van der Waals surface area (Å²) in [5.74, 6) is 0.225. The zero-order valence-corrected chi connectivity index (χ0v) is 11.2. The van der Waals surface area contributed by atoms with Gasteiger partial charge in [0.05, 0.1) is 5.69 Å². The molecule has 0 bridgehead atoms. The van der Waals surface area contributed by atoms with Crippen molar-refractivity contribution in [3.63, 3.8) is 0 Å². The Morgan fingerprint density at radius 2 is 2.39 bits per heavy atom. The van der Waals surface area contributed by atoms with Crippen molar-refractivity contribution in [1.82, 2.24) is 20.6 Å². The average Bonchev–Trinajstić information content (AvgIpc) is 2.88. The van der Waals surface area contributed by atoms with E-state index in [1.54, 1.807) is 18.2 Å². The third kappa shape index (κ3) is 2.85. The van der Waals surface area contributed by atoms with Crippen molar-refractivity contribution in [2.75, 3.05) is 5.32 Å². The molecule has 0 spiro atoms. The van der Waals surface area contributed by atoms with Gasteiger partial charge in [-0.05, 0) is 39.3 Å². The van der Waals surface area contributed by atoms with Crippen LogP contribution < -0.4 is 5.32 Å². The lowest BCUT2D eigenvalue weighted by Crippen LogP contribution is -1.93. The summed E-state index contributed by atoms with van der Waals surface area (Å²) in [6.45, 7) is 0. The van der Waals surface area contributed by atoms with E-state index in [4.69, 9.17) is 16.9 Å². The van der Waals surface area contributed by atoms with Crippen molar-refractivity contribution in [3.05, 3.63) is 39.7 Å². The monoisotopic (exact) mass is 324 g/mol. The van der Waals surface area contributed by atoms with Crippen molar-refractivity contribution in [2.45, 2.75) is 0 Å². The Labute approximate surface area is 116 Å². The van der Waals surface area contributed by atoms with E-state index in [-0.39, 0.29) is 11.4 Å². The normalized spacial score (nSPS) is 11.1. The van der Waals surface area contributed by atoms with Crippen LogP contribution >= 0.6 is 27.5 Å². The topological polar surface area (TPSA) is 90.3 Å². The molecule has 0 atom stereocenters. The van der Waals surface area contributed by atoms with Gasteiger partial charge in [0.2, 0.25) is 5.82 Å². The molecule has 1 aromatic heterocycles. The molecular formula is C10H6BrClN6. The van der Waals surface area contributed by atoms with Gasteiger partial charge in [-0.2, -0.15) is 10.5 Å². The van der Waals surface area contributed by atoms with Crippen LogP contribution in [0.2, 0.25) is 5.02 Å². The number of H-pyrrole nitrogens is 1. The molecule has 6 nitrogen and oxygen atoms in total. The highest BCUT2D eigenvalue weighted by atomic mass is 79.9. The van der Waals surface area contributed by atoms with Gasteiger partial charge in [-0.1, -0.05) is 11.6 Å². The summed E-state index contributed by atoms with van der Waals surface area (Å²) < 4.78 is 0.827. The molecule has 0 saturated heterocycles. The predicted octanol–water partition coefficient (Wildman–Crippen LogP) is 2.59. The van der Waals surface area contributed by atoms with Gasteiger partial charge in [0, 0.05) is 15.7 Å². The number of nitrogens with one attached hydrogen (secondary N) is 2. The molecule has 1 heterocycles. The second kappa shape index (κ2) is 5.62. The van der Waals surface area contributed by atoms with Gasteiger partial charge in [-0.25, -0.2) is 0 Å². The lowest BCUT2D eigenvalue weighted by Gasteiger charge is -2.04. The number of hydrogen-bond donors (Lipinski definition) is 2. The summed E-state index contributed by atoms with van der Waals surface area (Å²) in [7, 11) is 0. The lowest BCUT2D eigenvalue weighted by molar-refractivity contribution is 0.881. The minimum atomic E-state index is 0.225. The molecule has 18 heavy (non-hydrogen) atoms. The molecular weight excluding hydrogens is 320 g/mol. The number of rotatable bonds is 3. The van der Waals surface area contributed by atoms with Crippen LogP contribution in [-0.2, 0) is 0 Å². The number of aromatic amines is 1. The first-order valence-corrected chi connectivity index (χ1v) is 5.93. The Kier molecular flexibility index (Phi) is 3.92. The van der Waals surface area contributed by atoms with Gasteiger partial charge in [-0.15, -0.1) is 10.2 Å². The quantitative estimate of drug-likeness (QED) is 0.847. The van der Waals surface area contributed by atoms with E-state index < -0.39 is 0 Å². The van der Waals surface area contributed by atoms with Gasteiger partial charge in [0.1, 0.15) is 11.6 Å². The van der Waals surface area contributed by atoms with E-state index >= 15 is 0 Å². The Morgan fingerprint density at radius 1 is 1.56 bits per heavy atom. The number of hydrogen-bond acceptors (Lipinski definition) is 5. The highest BCUT2D eigenvalue weighted by Crippen LogP contribution is 2.26. The number of halogens is 2. The summed E-state index contributed by atoms with van der Waals surface area (Å²) in [4.78, 5) is 0.